The molecule has 4 rings (SSSR count). The van der Waals surface area contributed by atoms with Gasteiger partial charge in [0.1, 0.15) is 6.61 Å². The van der Waals surface area contributed by atoms with Crippen molar-refractivity contribution in [1.29, 1.82) is 0 Å². The summed E-state index contributed by atoms with van der Waals surface area (Å²) in [7, 11) is 2.83. The molecule has 1 unspecified atom stereocenters. The molecule has 2 aromatic rings. The van der Waals surface area contributed by atoms with Crippen LogP contribution < -0.4 is 9.47 Å². The zero-order valence-electron chi connectivity index (χ0n) is 19.6. The van der Waals surface area contributed by atoms with Crippen LogP contribution in [0.15, 0.2) is 48.5 Å². The standard InChI is InChI=1S/C25H27N3O7/c1-33-22-14-18(20(28(31)32)15-23(22)34-2)8-9-24(29)26-12-10-19(11-13-26)27-21(16-35-25(27)30)17-6-4-3-5-7-17/h3-9,14-15,19,21H,10-13,16H2,1-2H3. The number of likely N-dealkylation sites (tertiary alicyclic amines) is 1. The summed E-state index contributed by atoms with van der Waals surface area (Å²) >= 11 is 0. The second-order valence-electron chi connectivity index (χ2n) is 8.32. The first kappa shape index (κ1) is 24.1. The van der Waals surface area contributed by atoms with Crippen molar-refractivity contribution in [2.24, 2.45) is 0 Å². The summed E-state index contributed by atoms with van der Waals surface area (Å²) in [5.74, 6) is 0.312. The van der Waals surface area contributed by atoms with Crippen molar-refractivity contribution in [2.45, 2.75) is 24.9 Å². The predicted octanol–water partition coefficient (Wildman–Crippen LogP) is 3.81. The molecule has 0 radical (unpaired) electrons. The van der Waals surface area contributed by atoms with E-state index in [0.29, 0.717) is 38.3 Å². The SMILES string of the molecule is COc1cc(C=CC(=O)N2CCC(N3C(=O)OCC3c3ccccc3)CC2)c([N+](=O)[O-])cc1OC. The van der Waals surface area contributed by atoms with Crippen LogP contribution in [0.1, 0.15) is 30.0 Å². The van der Waals surface area contributed by atoms with Crippen LogP contribution in [0.5, 0.6) is 11.5 Å². The molecule has 0 bridgehead atoms. The van der Waals surface area contributed by atoms with E-state index in [-0.39, 0.29) is 41.1 Å². The predicted molar refractivity (Wildman–Crippen MR) is 127 cm³/mol. The summed E-state index contributed by atoms with van der Waals surface area (Å²) < 4.78 is 15.7. The van der Waals surface area contributed by atoms with Crippen LogP contribution in [0.3, 0.4) is 0 Å². The van der Waals surface area contributed by atoms with E-state index in [2.05, 4.69) is 0 Å². The summed E-state index contributed by atoms with van der Waals surface area (Å²) in [4.78, 5) is 39.7. The maximum absolute atomic E-state index is 12.8. The van der Waals surface area contributed by atoms with E-state index >= 15 is 0 Å². The van der Waals surface area contributed by atoms with Gasteiger partial charge in [-0.1, -0.05) is 30.3 Å². The van der Waals surface area contributed by atoms with Gasteiger partial charge in [-0.15, -0.1) is 0 Å². The molecule has 2 saturated heterocycles. The summed E-state index contributed by atoms with van der Waals surface area (Å²) in [5, 5.41) is 11.5. The van der Waals surface area contributed by atoms with Crippen molar-refractivity contribution in [3.8, 4) is 11.5 Å². The normalized spacial score (nSPS) is 18.6. The summed E-state index contributed by atoms with van der Waals surface area (Å²) in [6.45, 7) is 1.25. The van der Waals surface area contributed by atoms with Gasteiger partial charge >= 0.3 is 6.09 Å². The molecule has 0 saturated carbocycles. The second-order valence-corrected chi connectivity index (χ2v) is 8.32. The maximum atomic E-state index is 12.8. The Bertz CT molecular complexity index is 1130. The molecular weight excluding hydrogens is 454 g/mol. The van der Waals surface area contributed by atoms with Crippen LogP contribution in [0.4, 0.5) is 10.5 Å². The number of hydrogen-bond acceptors (Lipinski definition) is 7. The van der Waals surface area contributed by atoms with Gasteiger partial charge in [-0.05, 0) is 30.5 Å². The third-order valence-electron chi connectivity index (χ3n) is 6.40. The van der Waals surface area contributed by atoms with Gasteiger partial charge in [0.25, 0.3) is 5.69 Å². The van der Waals surface area contributed by atoms with Crippen LogP contribution >= 0.6 is 0 Å². The monoisotopic (exact) mass is 481 g/mol. The number of nitro benzene ring substituents is 1. The van der Waals surface area contributed by atoms with E-state index in [1.807, 2.05) is 30.3 Å². The minimum atomic E-state index is -0.532. The number of nitro groups is 1. The fourth-order valence-electron chi connectivity index (χ4n) is 4.57. The Balaban J connectivity index is 1.43. The number of methoxy groups -OCH3 is 2. The van der Waals surface area contributed by atoms with Crippen molar-refractivity contribution in [3.05, 3.63) is 69.8 Å². The summed E-state index contributed by atoms with van der Waals surface area (Å²) in [6.07, 6.45) is 3.65. The van der Waals surface area contributed by atoms with E-state index in [1.165, 1.54) is 38.5 Å². The van der Waals surface area contributed by atoms with Crippen molar-refractivity contribution in [2.75, 3.05) is 33.9 Å². The number of piperidine rings is 1. The molecule has 2 aliphatic rings. The van der Waals surface area contributed by atoms with E-state index < -0.39 is 4.92 Å². The second kappa shape index (κ2) is 10.5. The fraction of sp³-hybridized carbons (Fsp3) is 0.360. The molecule has 0 spiro atoms. The van der Waals surface area contributed by atoms with Gasteiger partial charge in [0.05, 0.1) is 36.8 Å². The molecule has 2 aromatic carbocycles. The zero-order chi connectivity index (χ0) is 24.9. The van der Waals surface area contributed by atoms with Crippen molar-refractivity contribution >= 4 is 23.8 Å². The van der Waals surface area contributed by atoms with Gasteiger partial charge in [-0.25, -0.2) is 4.79 Å². The first-order valence-electron chi connectivity index (χ1n) is 11.3. The number of ether oxygens (including phenoxy) is 3. The Morgan fingerprint density at radius 1 is 1.11 bits per heavy atom. The van der Waals surface area contributed by atoms with E-state index in [1.54, 1.807) is 9.80 Å². The minimum absolute atomic E-state index is 0.0322. The molecule has 2 fully saturated rings. The first-order chi connectivity index (χ1) is 16.9. The van der Waals surface area contributed by atoms with E-state index in [4.69, 9.17) is 14.2 Å². The van der Waals surface area contributed by atoms with Crippen LogP contribution in [0, 0.1) is 10.1 Å². The van der Waals surface area contributed by atoms with E-state index in [9.17, 15) is 19.7 Å². The van der Waals surface area contributed by atoms with E-state index in [0.717, 1.165) is 5.56 Å². The Hall–Kier alpha value is -4.08. The number of amides is 2. The first-order valence-corrected chi connectivity index (χ1v) is 11.3. The number of hydrogen-bond donors (Lipinski definition) is 0. The van der Waals surface area contributed by atoms with Gasteiger partial charge in [-0.2, -0.15) is 0 Å². The van der Waals surface area contributed by atoms with Gasteiger partial charge in [-0.3, -0.25) is 19.8 Å². The van der Waals surface area contributed by atoms with Gasteiger partial charge in [0.15, 0.2) is 11.5 Å². The Morgan fingerprint density at radius 3 is 2.40 bits per heavy atom. The molecular formula is C25H27N3O7. The van der Waals surface area contributed by atoms with Gasteiger partial charge < -0.3 is 19.1 Å². The number of nitrogens with zero attached hydrogens (tertiary/aromatic N) is 3. The quantitative estimate of drug-likeness (QED) is 0.336. The Labute approximate surface area is 202 Å². The number of rotatable bonds is 7. The van der Waals surface area contributed by atoms with Crippen LogP contribution in [-0.2, 0) is 9.53 Å². The molecule has 10 nitrogen and oxygen atoms in total. The largest absolute Gasteiger partial charge is 0.493 e. The lowest BCUT2D eigenvalue weighted by atomic mass is 9.99. The number of benzene rings is 2. The highest BCUT2D eigenvalue weighted by Crippen LogP contribution is 2.36. The lowest BCUT2D eigenvalue weighted by Crippen LogP contribution is -2.47. The van der Waals surface area contributed by atoms with Crippen molar-refractivity contribution in [3.63, 3.8) is 0 Å². The summed E-state index contributed by atoms with van der Waals surface area (Å²) in [6, 6.07) is 12.3. The van der Waals surface area contributed by atoms with Crippen LogP contribution in [0.25, 0.3) is 6.08 Å². The Kier molecular flexibility index (Phi) is 7.19. The highest BCUT2D eigenvalue weighted by atomic mass is 16.6. The smallest absolute Gasteiger partial charge is 0.410 e. The fourth-order valence-corrected chi connectivity index (χ4v) is 4.57. The molecule has 0 aromatic heterocycles. The molecule has 0 N–H and O–H groups in total. The van der Waals surface area contributed by atoms with Gasteiger partial charge in [0, 0.05) is 25.2 Å². The molecule has 10 heteroatoms. The minimum Gasteiger partial charge on any atom is -0.493 e. The van der Waals surface area contributed by atoms with Crippen LogP contribution in [-0.4, -0.2) is 66.7 Å². The average molecular weight is 482 g/mol. The highest BCUT2D eigenvalue weighted by molar-refractivity contribution is 5.92. The lowest BCUT2D eigenvalue weighted by molar-refractivity contribution is -0.385. The maximum Gasteiger partial charge on any atom is 0.410 e. The topological polar surface area (TPSA) is 111 Å². The third-order valence-corrected chi connectivity index (χ3v) is 6.40. The molecule has 0 aliphatic carbocycles. The number of carbonyl (C=O) groups excluding carboxylic acids is 2. The third kappa shape index (κ3) is 5.06. The molecule has 2 aliphatic heterocycles. The molecule has 2 amide bonds. The number of carbonyl (C=O) groups is 2. The molecule has 184 valence electrons. The van der Waals surface area contributed by atoms with Crippen molar-refractivity contribution in [1.82, 2.24) is 9.80 Å². The number of cyclic esters (lactones) is 1. The molecule has 1 atom stereocenters. The lowest BCUT2D eigenvalue weighted by Gasteiger charge is -2.37. The highest BCUT2D eigenvalue weighted by Gasteiger charge is 2.40. The molecule has 2 heterocycles. The summed E-state index contributed by atoms with van der Waals surface area (Å²) in [5.41, 5.74) is 1.07. The van der Waals surface area contributed by atoms with Crippen LogP contribution in [0.2, 0.25) is 0 Å². The molecule has 35 heavy (non-hydrogen) atoms. The van der Waals surface area contributed by atoms with Gasteiger partial charge in [0.2, 0.25) is 5.91 Å². The van der Waals surface area contributed by atoms with Crippen molar-refractivity contribution < 1.29 is 28.7 Å². The zero-order valence-corrected chi connectivity index (χ0v) is 19.6. The average Bonchev–Trinajstić information content (AvgIpc) is 3.28. The Morgan fingerprint density at radius 2 is 1.77 bits per heavy atom.